The molecule has 1 aromatic heterocycles. The average Bonchev–Trinajstić information content (AvgIpc) is 2.56. The minimum Gasteiger partial charge on any atom is -0.322 e. The van der Waals surface area contributed by atoms with E-state index >= 15 is 0 Å². The highest BCUT2D eigenvalue weighted by atomic mass is 79.9. The molecule has 1 heterocycles. The Bertz CT molecular complexity index is 1050. The Morgan fingerprint density at radius 1 is 1.12 bits per heavy atom. The topological polar surface area (TPSA) is 84.0 Å². The third-order valence-electron chi connectivity index (χ3n) is 3.60. The van der Waals surface area contributed by atoms with Crippen LogP contribution in [0.5, 0.6) is 0 Å². The fraction of sp³-hybridized carbons (Fsp3) is 0.0556. The first-order valence-electron chi connectivity index (χ1n) is 7.44. The summed E-state index contributed by atoms with van der Waals surface area (Å²) in [7, 11) is 0. The number of nitrogens with one attached hydrogen (secondary N) is 2. The Morgan fingerprint density at radius 3 is 2.52 bits per heavy atom. The highest BCUT2D eigenvalue weighted by molar-refractivity contribution is 9.10. The van der Waals surface area contributed by atoms with Crippen LogP contribution in [-0.4, -0.2) is 15.5 Å². The number of carbonyl (C=O) groups is 1. The molecule has 0 saturated carbocycles. The predicted molar refractivity (Wildman–Crippen MR) is 99.5 cm³/mol. The maximum Gasteiger partial charge on any atom is 0.333 e. The molecular formula is C18H14BrN3O3. The number of rotatable bonds is 3. The largest absolute Gasteiger partial charge is 0.333 e. The van der Waals surface area contributed by atoms with Crippen molar-refractivity contribution in [2.45, 2.75) is 6.92 Å². The van der Waals surface area contributed by atoms with Gasteiger partial charge in [-0.3, -0.25) is 9.59 Å². The molecule has 126 valence electrons. The standard InChI is InChI=1S/C18H14BrN3O3/c1-11-5-7-14(8-6-11)22-17(24)15(10-20-18(22)25)16(23)21-13-4-2-3-12(19)9-13/h2-10H,1H3,(H,20,25)(H,21,23). The maximum atomic E-state index is 12.6. The lowest BCUT2D eigenvalue weighted by atomic mass is 10.2. The molecule has 0 radical (unpaired) electrons. The minimum absolute atomic E-state index is 0.153. The summed E-state index contributed by atoms with van der Waals surface area (Å²) in [4.78, 5) is 39.6. The molecule has 0 aliphatic heterocycles. The van der Waals surface area contributed by atoms with E-state index in [0.717, 1.165) is 20.8 Å². The van der Waals surface area contributed by atoms with Gasteiger partial charge in [0.2, 0.25) is 0 Å². The third-order valence-corrected chi connectivity index (χ3v) is 4.09. The number of H-pyrrole nitrogens is 1. The lowest BCUT2D eigenvalue weighted by Crippen LogP contribution is -2.38. The molecule has 25 heavy (non-hydrogen) atoms. The van der Waals surface area contributed by atoms with Crippen molar-refractivity contribution in [3.05, 3.63) is 91.2 Å². The number of hydrogen-bond donors (Lipinski definition) is 2. The van der Waals surface area contributed by atoms with Crippen LogP contribution in [0.4, 0.5) is 5.69 Å². The Morgan fingerprint density at radius 2 is 1.84 bits per heavy atom. The fourth-order valence-corrected chi connectivity index (χ4v) is 2.73. The summed E-state index contributed by atoms with van der Waals surface area (Å²) in [6.45, 7) is 1.90. The van der Waals surface area contributed by atoms with E-state index < -0.39 is 17.2 Å². The number of aryl methyl sites for hydroxylation is 1. The summed E-state index contributed by atoms with van der Waals surface area (Å²) in [5.74, 6) is -0.597. The van der Waals surface area contributed by atoms with E-state index in [1.165, 1.54) is 0 Å². The van der Waals surface area contributed by atoms with Crippen LogP contribution in [0.1, 0.15) is 15.9 Å². The van der Waals surface area contributed by atoms with E-state index in [0.29, 0.717) is 11.4 Å². The van der Waals surface area contributed by atoms with Gasteiger partial charge in [0.1, 0.15) is 5.56 Å². The van der Waals surface area contributed by atoms with Gasteiger partial charge in [0, 0.05) is 16.4 Å². The third kappa shape index (κ3) is 3.61. The molecule has 0 bridgehead atoms. The summed E-state index contributed by atoms with van der Waals surface area (Å²) in [6, 6.07) is 13.9. The van der Waals surface area contributed by atoms with Gasteiger partial charge in [-0.15, -0.1) is 0 Å². The predicted octanol–water partition coefficient (Wildman–Crippen LogP) is 2.85. The number of hydrogen-bond acceptors (Lipinski definition) is 3. The molecule has 0 unspecified atom stereocenters. The second-order valence-corrected chi connectivity index (χ2v) is 6.36. The van der Waals surface area contributed by atoms with Crippen LogP contribution in [0.3, 0.4) is 0 Å². The van der Waals surface area contributed by atoms with Gasteiger partial charge >= 0.3 is 5.69 Å². The van der Waals surface area contributed by atoms with Crippen molar-refractivity contribution >= 4 is 27.5 Å². The molecule has 0 atom stereocenters. The van der Waals surface area contributed by atoms with Crippen LogP contribution in [0, 0.1) is 6.92 Å². The fourth-order valence-electron chi connectivity index (χ4n) is 2.33. The van der Waals surface area contributed by atoms with Crippen LogP contribution in [-0.2, 0) is 0 Å². The molecule has 3 aromatic rings. The van der Waals surface area contributed by atoms with E-state index in [-0.39, 0.29) is 5.56 Å². The molecule has 6 nitrogen and oxygen atoms in total. The number of aromatic amines is 1. The molecule has 1 amide bonds. The van der Waals surface area contributed by atoms with Crippen LogP contribution in [0.2, 0.25) is 0 Å². The smallest absolute Gasteiger partial charge is 0.322 e. The normalized spacial score (nSPS) is 10.5. The SMILES string of the molecule is Cc1ccc(-n2c(=O)[nH]cc(C(=O)Nc3cccc(Br)c3)c2=O)cc1. The van der Waals surface area contributed by atoms with Gasteiger partial charge < -0.3 is 10.3 Å². The van der Waals surface area contributed by atoms with Crippen molar-refractivity contribution in [1.82, 2.24) is 9.55 Å². The zero-order chi connectivity index (χ0) is 18.0. The first-order valence-corrected chi connectivity index (χ1v) is 8.24. The van der Waals surface area contributed by atoms with Crippen molar-refractivity contribution in [1.29, 1.82) is 0 Å². The highest BCUT2D eigenvalue weighted by Gasteiger charge is 2.16. The number of halogens is 1. The molecule has 7 heteroatoms. The van der Waals surface area contributed by atoms with Crippen molar-refractivity contribution in [3.63, 3.8) is 0 Å². The summed E-state index contributed by atoms with van der Waals surface area (Å²) < 4.78 is 1.73. The average molecular weight is 400 g/mol. The quantitative estimate of drug-likeness (QED) is 0.709. The van der Waals surface area contributed by atoms with Gasteiger partial charge in [0.05, 0.1) is 5.69 Å². The molecule has 3 rings (SSSR count). The zero-order valence-electron chi connectivity index (χ0n) is 13.2. The second-order valence-electron chi connectivity index (χ2n) is 5.45. The lowest BCUT2D eigenvalue weighted by molar-refractivity contribution is 0.102. The van der Waals surface area contributed by atoms with Crippen LogP contribution in [0.15, 0.2) is 68.8 Å². The van der Waals surface area contributed by atoms with Crippen molar-refractivity contribution in [2.24, 2.45) is 0 Å². The summed E-state index contributed by atoms with van der Waals surface area (Å²) in [6.07, 6.45) is 1.13. The maximum absolute atomic E-state index is 12.6. The molecule has 0 saturated heterocycles. The van der Waals surface area contributed by atoms with Crippen LogP contribution < -0.4 is 16.6 Å². The van der Waals surface area contributed by atoms with Gasteiger partial charge in [0.25, 0.3) is 11.5 Å². The van der Waals surface area contributed by atoms with Gasteiger partial charge in [-0.2, -0.15) is 0 Å². The molecule has 0 fully saturated rings. The van der Waals surface area contributed by atoms with Gasteiger partial charge in [-0.25, -0.2) is 9.36 Å². The Hall–Kier alpha value is -2.93. The molecule has 0 aliphatic carbocycles. The summed E-state index contributed by atoms with van der Waals surface area (Å²) in [5, 5.41) is 2.64. The van der Waals surface area contributed by atoms with E-state index in [9.17, 15) is 14.4 Å². The molecule has 2 aromatic carbocycles. The first-order chi connectivity index (χ1) is 12.0. The van der Waals surface area contributed by atoms with Crippen molar-refractivity contribution < 1.29 is 4.79 Å². The van der Waals surface area contributed by atoms with E-state index in [2.05, 4.69) is 26.2 Å². The number of aromatic nitrogens is 2. The van der Waals surface area contributed by atoms with E-state index in [4.69, 9.17) is 0 Å². The Labute approximate surface area is 151 Å². The number of anilines is 1. The lowest BCUT2D eigenvalue weighted by Gasteiger charge is -2.08. The van der Waals surface area contributed by atoms with E-state index in [1.54, 1.807) is 42.5 Å². The minimum atomic E-state index is -0.680. The number of carbonyl (C=O) groups excluding carboxylic acids is 1. The van der Waals surface area contributed by atoms with Crippen LogP contribution in [0.25, 0.3) is 5.69 Å². The van der Waals surface area contributed by atoms with Gasteiger partial charge in [-0.05, 0) is 37.3 Å². The number of amides is 1. The first kappa shape index (κ1) is 16.9. The monoisotopic (exact) mass is 399 g/mol. The molecule has 0 aliphatic rings. The van der Waals surface area contributed by atoms with E-state index in [1.807, 2.05) is 13.0 Å². The molecule has 2 N–H and O–H groups in total. The molecular weight excluding hydrogens is 386 g/mol. The van der Waals surface area contributed by atoms with Gasteiger partial charge in [-0.1, -0.05) is 39.7 Å². The second kappa shape index (κ2) is 6.90. The summed E-state index contributed by atoms with van der Waals surface area (Å²) in [5.41, 5.74) is 0.491. The van der Waals surface area contributed by atoms with Crippen molar-refractivity contribution in [3.8, 4) is 5.69 Å². The summed E-state index contributed by atoms with van der Waals surface area (Å²) >= 11 is 3.32. The Balaban J connectivity index is 2.02. The molecule has 0 spiro atoms. The zero-order valence-corrected chi connectivity index (χ0v) is 14.8. The van der Waals surface area contributed by atoms with Gasteiger partial charge in [0.15, 0.2) is 0 Å². The highest BCUT2D eigenvalue weighted by Crippen LogP contribution is 2.16. The van der Waals surface area contributed by atoms with Crippen LogP contribution >= 0.6 is 15.9 Å². The number of nitrogens with zero attached hydrogens (tertiary/aromatic N) is 1. The Kier molecular flexibility index (Phi) is 4.67. The number of benzene rings is 2. The van der Waals surface area contributed by atoms with Crippen molar-refractivity contribution in [2.75, 3.05) is 5.32 Å².